The number of carbonyl (C=O) groups excluding carboxylic acids is 1. The van der Waals surface area contributed by atoms with Crippen LogP contribution in [0.15, 0.2) is 76.3 Å². The molecule has 0 aliphatic heterocycles. The van der Waals surface area contributed by atoms with Gasteiger partial charge in [-0.15, -0.1) is 0 Å². The molecule has 0 radical (unpaired) electrons. The van der Waals surface area contributed by atoms with E-state index in [1.165, 1.54) is 18.4 Å². The van der Waals surface area contributed by atoms with Crippen LogP contribution in [0.2, 0.25) is 0 Å². The van der Waals surface area contributed by atoms with E-state index in [2.05, 4.69) is 56.6 Å². The zero-order valence-corrected chi connectivity index (χ0v) is 19.5. The quantitative estimate of drug-likeness (QED) is 0.389. The lowest BCUT2D eigenvalue weighted by Crippen LogP contribution is -2.31. The molecule has 1 amide bonds. The monoisotopic (exact) mass is 499 g/mol. The van der Waals surface area contributed by atoms with Crippen LogP contribution in [0.3, 0.4) is 0 Å². The standard InChI is InChI=1S/C27H22BrN3O2/c28-24-14-18(8-11-21(24)16-6-7-16)17-3-1-4-20(13-17)31-15-23(27(33)30-19-9-10-19)25(32)22-5-2-12-29-26(22)31/h1-5,8,11-16,19H,6-7,9-10H2,(H,30,33). The average Bonchev–Trinajstić information content (AvgIpc) is 3.75. The van der Waals surface area contributed by atoms with Crippen molar-refractivity contribution in [3.05, 3.63) is 92.8 Å². The lowest BCUT2D eigenvalue weighted by molar-refractivity contribution is 0.0949. The predicted molar refractivity (Wildman–Crippen MR) is 133 cm³/mol. The summed E-state index contributed by atoms with van der Waals surface area (Å²) in [5, 5.41) is 3.37. The van der Waals surface area contributed by atoms with Crippen molar-refractivity contribution in [1.29, 1.82) is 0 Å². The highest BCUT2D eigenvalue weighted by Crippen LogP contribution is 2.44. The number of pyridine rings is 2. The Morgan fingerprint density at radius 3 is 2.58 bits per heavy atom. The molecule has 2 heterocycles. The molecule has 2 fully saturated rings. The zero-order chi connectivity index (χ0) is 22.5. The van der Waals surface area contributed by atoms with Crippen molar-refractivity contribution < 1.29 is 4.79 Å². The number of carbonyl (C=O) groups is 1. The summed E-state index contributed by atoms with van der Waals surface area (Å²) in [4.78, 5) is 30.3. The lowest BCUT2D eigenvalue weighted by Gasteiger charge is -2.14. The molecule has 0 spiro atoms. The van der Waals surface area contributed by atoms with Crippen molar-refractivity contribution in [2.24, 2.45) is 0 Å². The van der Waals surface area contributed by atoms with Gasteiger partial charge >= 0.3 is 0 Å². The van der Waals surface area contributed by atoms with Crippen LogP contribution >= 0.6 is 15.9 Å². The smallest absolute Gasteiger partial charge is 0.257 e. The SMILES string of the molecule is O=C(NC1CC1)c1cn(-c2cccc(-c3ccc(C4CC4)c(Br)c3)c2)c2ncccc2c1=O. The lowest BCUT2D eigenvalue weighted by atomic mass is 10.0. The van der Waals surface area contributed by atoms with Crippen molar-refractivity contribution in [3.63, 3.8) is 0 Å². The molecule has 6 heteroatoms. The molecule has 4 aromatic rings. The first-order valence-electron chi connectivity index (χ1n) is 11.3. The van der Waals surface area contributed by atoms with E-state index in [9.17, 15) is 9.59 Å². The molecule has 164 valence electrons. The minimum Gasteiger partial charge on any atom is -0.349 e. The summed E-state index contributed by atoms with van der Waals surface area (Å²) in [5.74, 6) is 0.358. The third-order valence-electron chi connectivity index (χ3n) is 6.39. The molecule has 33 heavy (non-hydrogen) atoms. The maximum Gasteiger partial charge on any atom is 0.257 e. The molecular weight excluding hydrogens is 478 g/mol. The van der Waals surface area contributed by atoms with Gasteiger partial charge in [-0.3, -0.25) is 9.59 Å². The first kappa shape index (κ1) is 20.4. The summed E-state index contributed by atoms with van der Waals surface area (Å²) in [6.45, 7) is 0. The van der Waals surface area contributed by atoms with Gasteiger partial charge in [0, 0.05) is 28.6 Å². The van der Waals surface area contributed by atoms with E-state index in [4.69, 9.17) is 0 Å². The Labute approximate surface area is 199 Å². The van der Waals surface area contributed by atoms with Crippen LogP contribution in [0.25, 0.3) is 27.8 Å². The Morgan fingerprint density at radius 2 is 1.82 bits per heavy atom. The van der Waals surface area contributed by atoms with Crippen molar-refractivity contribution in [3.8, 4) is 16.8 Å². The topological polar surface area (TPSA) is 64.0 Å². The summed E-state index contributed by atoms with van der Waals surface area (Å²) >= 11 is 3.74. The molecule has 2 aliphatic rings. The van der Waals surface area contributed by atoms with Crippen LogP contribution in [0.1, 0.15) is 47.5 Å². The van der Waals surface area contributed by atoms with Gasteiger partial charge in [0.05, 0.1) is 5.39 Å². The summed E-state index contributed by atoms with van der Waals surface area (Å²) < 4.78 is 2.98. The van der Waals surface area contributed by atoms with E-state index < -0.39 is 0 Å². The van der Waals surface area contributed by atoms with Crippen LogP contribution < -0.4 is 10.7 Å². The number of hydrogen-bond acceptors (Lipinski definition) is 3. The van der Waals surface area contributed by atoms with Crippen molar-refractivity contribution in [1.82, 2.24) is 14.9 Å². The normalized spacial score (nSPS) is 15.5. The Hall–Kier alpha value is -3.25. The molecule has 0 atom stereocenters. The molecular formula is C27H22BrN3O2. The van der Waals surface area contributed by atoms with Crippen LogP contribution in [-0.2, 0) is 0 Å². The second kappa shape index (κ2) is 7.96. The average molecular weight is 500 g/mol. The predicted octanol–water partition coefficient (Wildman–Crippen LogP) is 5.58. The Balaban J connectivity index is 1.46. The van der Waals surface area contributed by atoms with Crippen molar-refractivity contribution in [2.45, 2.75) is 37.6 Å². The molecule has 0 bridgehead atoms. The van der Waals surface area contributed by atoms with E-state index >= 15 is 0 Å². The van der Waals surface area contributed by atoms with Gasteiger partial charge in [-0.2, -0.15) is 0 Å². The molecule has 2 aromatic heterocycles. The third-order valence-corrected chi connectivity index (χ3v) is 7.08. The number of halogens is 1. The Bertz CT molecular complexity index is 1470. The fourth-order valence-electron chi connectivity index (χ4n) is 4.28. The minimum absolute atomic E-state index is 0.143. The molecule has 1 N–H and O–H groups in total. The highest BCUT2D eigenvalue weighted by Gasteiger charge is 2.27. The number of benzene rings is 2. The van der Waals surface area contributed by atoms with Crippen molar-refractivity contribution >= 4 is 32.9 Å². The van der Waals surface area contributed by atoms with Crippen LogP contribution in [-0.4, -0.2) is 21.5 Å². The molecule has 5 nitrogen and oxygen atoms in total. The number of nitrogens with one attached hydrogen (secondary N) is 1. The van der Waals surface area contributed by atoms with Crippen LogP contribution in [0.5, 0.6) is 0 Å². The van der Waals surface area contributed by atoms with E-state index in [1.54, 1.807) is 24.5 Å². The van der Waals surface area contributed by atoms with Gasteiger partial charge < -0.3 is 9.88 Å². The summed E-state index contributed by atoms with van der Waals surface area (Å²) in [6, 6.07) is 18.3. The minimum atomic E-state index is -0.322. The van der Waals surface area contributed by atoms with Gasteiger partial charge in [0.25, 0.3) is 5.91 Å². The fourth-order valence-corrected chi connectivity index (χ4v) is 4.98. The molecule has 2 saturated carbocycles. The van der Waals surface area contributed by atoms with Gasteiger partial charge in [-0.25, -0.2) is 4.98 Å². The second-order valence-electron chi connectivity index (χ2n) is 8.93. The Kier molecular flexibility index (Phi) is 4.91. The number of fused-ring (bicyclic) bond motifs is 1. The number of rotatable bonds is 5. The first-order valence-corrected chi connectivity index (χ1v) is 12.1. The second-order valence-corrected chi connectivity index (χ2v) is 9.78. The zero-order valence-electron chi connectivity index (χ0n) is 17.9. The fraction of sp³-hybridized carbons (Fsp3) is 0.222. The molecule has 2 aromatic carbocycles. The number of amides is 1. The largest absolute Gasteiger partial charge is 0.349 e. The molecule has 2 aliphatic carbocycles. The number of hydrogen-bond donors (Lipinski definition) is 1. The van der Waals surface area contributed by atoms with Crippen LogP contribution in [0, 0.1) is 0 Å². The Morgan fingerprint density at radius 1 is 1.00 bits per heavy atom. The van der Waals surface area contributed by atoms with Gasteiger partial charge in [-0.1, -0.05) is 40.2 Å². The van der Waals surface area contributed by atoms with Gasteiger partial charge in [0.15, 0.2) is 0 Å². The van der Waals surface area contributed by atoms with Gasteiger partial charge in [0.1, 0.15) is 11.2 Å². The summed E-state index contributed by atoms with van der Waals surface area (Å²) in [7, 11) is 0. The van der Waals surface area contributed by atoms with E-state index in [1.807, 2.05) is 16.7 Å². The highest BCUT2D eigenvalue weighted by atomic mass is 79.9. The van der Waals surface area contributed by atoms with Gasteiger partial charge in [-0.05, 0) is 78.6 Å². The number of nitrogens with zero attached hydrogens (tertiary/aromatic N) is 2. The first-order chi connectivity index (χ1) is 16.1. The van der Waals surface area contributed by atoms with E-state index in [0.717, 1.165) is 34.1 Å². The molecule has 0 unspecified atom stereocenters. The number of aromatic nitrogens is 2. The highest BCUT2D eigenvalue weighted by molar-refractivity contribution is 9.10. The van der Waals surface area contributed by atoms with Crippen molar-refractivity contribution in [2.75, 3.05) is 0 Å². The molecule has 6 rings (SSSR count). The summed E-state index contributed by atoms with van der Waals surface area (Å²) in [6.07, 6.45) is 7.74. The van der Waals surface area contributed by atoms with Gasteiger partial charge in [0.2, 0.25) is 5.43 Å². The molecule has 0 saturated heterocycles. The van der Waals surface area contributed by atoms with E-state index in [0.29, 0.717) is 17.0 Å². The maximum atomic E-state index is 13.1. The van der Waals surface area contributed by atoms with Crippen LogP contribution in [0.4, 0.5) is 0 Å². The third kappa shape index (κ3) is 3.89. The van der Waals surface area contributed by atoms with E-state index in [-0.39, 0.29) is 22.9 Å². The summed E-state index contributed by atoms with van der Waals surface area (Å²) in [5.41, 5.74) is 4.77. The maximum absolute atomic E-state index is 13.1.